The Morgan fingerprint density at radius 3 is 2.45 bits per heavy atom. The van der Waals surface area contributed by atoms with E-state index in [9.17, 15) is 14.9 Å². The van der Waals surface area contributed by atoms with Crippen LogP contribution in [0.5, 0.6) is 0 Å². The summed E-state index contributed by atoms with van der Waals surface area (Å²) in [5.41, 5.74) is 1.60. The molecule has 0 unspecified atom stereocenters. The zero-order valence-electron chi connectivity index (χ0n) is 12.2. The van der Waals surface area contributed by atoms with E-state index in [-0.39, 0.29) is 11.6 Å². The van der Waals surface area contributed by atoms with E-state index in [1.165, 1.54) is 17.0 Å². The van der Waals surface area contributed by atoms with Crippen LogP contribution in [-0.4, -0.2) is 22.8 Å². The summed E-state index contributed by atoms with van der Waals surface area (Å²) < 4.78 is 0. The number of benzene rings is 2. The van der Waals surface area contributed by atoms with Crippen LogP contribution in [0, 0.1) is 17.0 Å². The number of rotatable bonds is 4. The van der Waals surface area contributed by atoms with Crippen LogP contribution in [0.1, 0.15) is 21.5 Å². The predicted molar refractivity (Wildman–Crippen MR) is 85.1 cm³/mol. The molecule has 0 fully saturated rings. The first kappa shape index (κ1) is 16.0. The van der Waals surface area contributed by atoms with Gasteiger partial charge in [0, 0.05) is 35.8 Å². The van der Waals surface area contributed by atoms with E-state index in [0.29, 0.717) is 22.7 Å². The third kappa shape index (κ3) is 3.43. The highest BCUT2D eigenvalue weighted by Gasteiger charge is 2.20. The first-order chi connectivity index (χ1) is 10.4. The van der Waals surface area contributed by atoms with Gasteiger partial charge < -0.3 is 4.90 Å². The maximum Gasteiger partial charge on any atom is 0.273 e. The zero-order chi connectivity index (χ0) is 16.3. The molecular weight excluding hydrogens is 304 g/mol. The van der Waals surface area contributed by atoms with Gasteiger partial charge in [-0.1, -0.05) is 29.8 Å². The highest BCUT2D eigenvalue weighted by molar-refractivity contribution is 6.30. The van der Waals surface area contributed by atoms with Gasteiger partial charge in [0.25, 0.3) is 11.6 Å². The Morgan fingerprint density at radius 2 is 1.86 bits per heavy atom. The highest BCUT2D eigenvalue weighted by atomic mass is 35.5. The fraction of sp³-hybridized carbons (Fsp3) is 0.188. The van der Waals surface area contributed by atoms with Gasteiger partial charge in [0.15, 0.2) is 0 Å². The average molecular weight is 319 g/mol. The van der Waals surface area contributed by atoms with E-state index in [2.05, 4.69) is 0 Å². The summed E-state index contributed by atoms with van der Waals surface area (Å²) in [6, 6.07) is 11.7. The van der Waals surface area contributed by atoms with Gasteiger partial charge >= 0.3 is 0 Å². The predicted octanol–water partition coefficient (Wildman–Crippen LogP) is 3.83. The van der Waals surface area contributed by atoms with E-state index < -0.39 is 4.92 Å². The Kier molecular flexibility index (Phi) is 4.78. The lowest BCUT2D eigenvalue weighted by molar-refractivity contribution is -0.385. The molecule has 22 heavy (non-hydrogen) atoms. The third-order valence-electron chi connectivity index (χ3n) is 3.41. The number of carbonyl (C=O) groups is 1. The number of hydrogen-bond acceptors (Lipinski definition) is 3. The third-order valence-corrected chi connectivity index (χ3v) is 3.66. The van der Waals surface area contributed by atoms with Crippen molar-refractivity contribution < 1.29 is 9.72 Å². The molecule has 0 saturated heterocycles. The summed E-state index contributed by atoms with van der Waals surface area (Å²) in [6.07, 6.45) is 0. The second kappa shape index (κ2) is 6.58. The van der Waals surface area contributed by atoms with Crippen LogP contribution < -0.4 is 0 Å². The largest absolute Gasteiger partial charge is 0.337 e. The van der Waals surface area contributed by atoms with Gasteiger partial charge in [0.05, 0.1) is 4.92 Å². The number of nitro groups is 1. The van der Waals surface area contributed by atoms with Crippen molar-refractivity contribution in [2.45, 2.75) is 13.5 Å². The van der Waals surface area contributed by atoms with Crippen molar-refractivity contribution in [2.24, 2.45) is 0 Å². The number of amides is 1. The molecule has 2 rings (SSSR count). The van der Waals surface area contributed by atoms with Gasteiger partial charge in [-0.3, -0.25) is 14.9 Å². The van der Waals surface area contributed by atoms with E-state index in [0.717, 1.165) is 5.56 Å². The van der Waals surface area contributed by atoms with E-state index in [4.69, 9.17) is 11.6 Å². The molecule has 0 aromatic heterocycles. The molecule has 1 amide bonds. The molecule has 114 valence electrons. The zero-order valence-corrected chi connectivity index (χ0v) is 13.0. The normalized spacial score (nSPS) is 10.3. The molecule has 0 bridgehead atoms. The van der Waals surface area contributed by atoms with Crippen LogP contribution in [0.2, 0.25) is 5.02 Å². The fourth-order valence-electron chi connectivity index (χ4n) is 2.19. The summed E-state index contributed by atoms with van der Waals surface area (Å²) in [6.45, 7) is 1.99. The Labute approximate surface area is 133 Å². The van der Waals surface area contributed by atoms with Crippen LogP contribution >= 0.6 is 11.6 Å². The first-order valence-corrected chi connectivity index (χ1v) is 7.02. The molecule has 0 aliphatic heterocycles. The van der Waals surface area contributed by atoms with Gasteiger partial charge in [-0.05, 0) is 30.7 Å². The van der Waals surface area contributed by atoms with E-state index >= 15 is 0 Å². The maximum atomic E-state index is 12.5. The van der Waals surface area contributed by atoms with Crippen molar-refractivity contribution in [1.82, 2.24) is 4.90 Å². The van der Waals surface area contributed by atoms with Crippen LogP contribution in [0.4, 0.5) is 5.69 Å². The molecule has 2 aromatic rings. The maximum absolute atomic E-state index is 12.5. The molecule has 0 saturated carbocycles. The number of hydrogen-bond donors (Lipinski definition) is 0. The molecule has 5 nitrogen and oxygen atoms in total. The lowest BCUT2D eigenvalue weighted by Crippen LogP contribution is -2.27. The fourth-order valence-corrected chi connectivity index (χ4v) is 2.32. The van der Waals surface area contributed by atoms with E-state index in [1.54, 1.807) is 32.2 Å². The molecule has 6 heteroatoms. The highest BCUT2D eigenvalue weighted by Crippen LogP contribution is 2.22. The van der Waals surface area contributed by atoms with Gasteiger partial charge in [-0.2, -0.15) is 0 Å². The molecule has 0 N–H and O–H groups in total. The number of carbonyl (C=O) groups excluding carboxylic acids is 1. The van der Waals surface area contributed by atoms with Gasteiger partial charge in [0.2, 0.25) is 0 Å². The number of nitro benzene ring substituents is 1. The SMILES string of the molecule is Cc1c(C(=O)N(C)Cc2ccc(Cl)cc2)cccc1[N+](=O)[O-]. The minimum Gasteiger partial charge on any atom is -0.337 e. The smallest absolute Gasteiger partial charge is 0.273 e. The lowest BCUT2D eigenvalue weighted by atomic mass is 10.1. The van der Waals surface area contributed by atoms with Gasteiger partial charge in [0.1, 0.15) is 0 Å². The molecule has 0 atom stereocenters. The summed E-state index contributed by atoms with van der Waals surface area (Å²) >= 11 is 5.83. The molecule has 0 aliphatic carbocycles. The second-order valence-corrected chi connectivity index (χ2v) is 5.43. The Bertz CT molecular complexity index is 714. The topological polar surface area (TPSA) is 63.5 Å². The molecule has 0 radical (unpaired) electrons. The summed E-state index contributed by atoms with van der Waals surface area (Å²) in [7, 11) is 1.66. The Morgan fingerprint density at radius 1 is 1.23 bits per heavy atom. The second-order valence-electron chi connectivity index (χ2n) is 4.99. The van der Waals surface area contributed by atoms with Crippen molar-refractivity contribution in [3.05, 3.63) is 74.3 Å². The monoisotopic (exact) mass is 318 g/mol. The lowest BCUT2D eigenvalue weighted by Gasteiger charge is -2.18. The molecule has 0 heterocycles. The van der Waals surface area contributed by atoms with Gasteiger partial charge in [-0.25, -0.2) is 0 Å². The number of nitrogens with zero attached hydrogens (tertiary/aromatic N) is 2. The van der Waals surface area contributed by atoms with E-state index in [1.807, 2.05) is 12.1 Å². The minimum atomic E-state index is -0.481. The van der Waals surface area contributed by atoms with Crippen molar-refractivity contribution >= 4 is 23.2 Å². The van der Waals surface area contributed by atoms with Gasteiger partial charge in [-0.15, -0.1) is 0 Å². The van der Waals surface area contributed by atoms with Crippen molar-refractivity contribution in [1.29, 1.82) is 0 Å². The standard InChI is InChI=1S/C16H15ClN2O3/c1-11-14(4-3-5-15(11)19(21)22)16(20)18(2)10-12-6-8-13(17)9-7-12/h3-9H,10H2,1-2H3. The van der Waals surface area contributed by atoms with Crippen molar-refractivity contribution in [2.75, 3.05) is 7.05 Å². The molecule has 0 aliphatic rings. The summed E-state index contributed by atoms with van der Waals surface area (Å²) in [5.74, 6) is -0.254. The molecule has 0 spiro atoms. The van der Waals surface area contributed by atoms with Crippen LogP contribution in [0.25, 0.3) is 0 Å². The summed E-state index contributed by atoms with van der Waals surface area (Å²) in [5, 5.41) is 11.6. The Hall–Kier alpha value is -2.40. The molecular formula is C16H15ClN2O3. The first-order valence-electron chi connectivity index (χ1n) is 6.64. The Balaban J connectivity index is 2.22. The van der Waals surface area contributed by atoms with Crippen molar-refractivity contribution in [3.63, 3.8) is 0 Å². The van der Waals surface area contributed by atoms with Crippen molar-refractivity contribution in [3.8, 4) is 0 Å². The van der Waals surface area contributed by atoms with Crippen LogP contribution in [0.3, 0.4) is 0 Å². The average Bonchev–Trinajstić information content (AvgIpc) is 2.48. The minimum absolute atomic E-state index is 0.0502. The van der Waals surface area contributed by atoms with Crippen LogP contribution in [0.15, 0.2) is 42.5 Å². The number of halogens is 1. The summed E-state index contributed by atoms with van der Waals surface area (Å²) in [4.78, 5) is 24.5. The molecule has 2 aromatic carbocycles. The quantitative estimate of drug-likeness (QED) is 0.635. The van der Waals surface area contributed by atoms with Crippen LogP contribution in [-0.2, 0) is 6.54 Å².